The summed E-state index contributed by atoms with van der Waals surface area (Å²) >= 11 is 0. The molecule has 2 heterocycles. The molecule has 2 aliphatic heterocycles. The van der Waals surface area contributed by atoms with Gasteiger partial charge in [-0.05, 0) is 17.7 Å². The van der Waals surface area contributed by atoms with Gasteiger partial charge in [0.05, 0.1) is 19.8 Å². The van der Waals surface area contributed by atoms with E-state index in [0.29, 0.717) is 0 Å². The first-order chi connectivity index (χ1) is 14.8. The zero-order chi connectivity index (χ0) is 22.5. The molecular weight excluding hydrogens is 416 g/mol. The number of ether oxygens (including phenoxy) is 4. The Balaban J connectivity index is 1.51. The Morgan fingerprint density at radius 3 is 2.23 bits per heavy atom. The van der Waals surface area contributed by atoms with Crippen LogP contribution in [0.1, 0.15) is 5.56 Å². The highest BCUT2D eigenvalue weighted by molar-refractivity contribution is 5.50. The van der Waals surface area contributed by atoms with Crippen LogP contribution in [0.5, 0.6) is 5.75 Å². The zero-order valence-corrected chi connectivity index (χ0v) is 16.5. The molecule has 7 N–H and O–H groups in total. The smallest absolute Gasteiger partial charge is 0.187 e. The van der Waals surface area contributed by atoms with Crippen LogP contribution in [0.15, 0.2) is 30.3 Å². The summed E-state index contributed by atoms with van der Waals surface area (Å²) in [5.41, 5.74) is 0.812. The second-order valence-electron chi connectivity index (χ2n) is 7.43. The van der Waals surface area contributed by atoms with Gasteiger partial charge in [0.1, 0.15) is 48.5 Å². The van der Waals surface area contributed by atoms with Crippen molar-refractivity contribution in [3.8, 4) is 5.75 Å². The van der Waals surface area contributed by atoms with Gasteiger partial charge in [-0.2, -0.15) is 0 Å². The number of benzene rings is 1. The van der Waals surface area contributed by atoms with Crippen molar-refractivity contribution in [2.24, 2.45) is 0 Å². The van der Waals surface area contributed by atoms with Crippen LogP contribution in [-0.2, 0) is 18.9 Å². The number of aliphatic hydroxyl groups is 6. The number of aliphatic hydroxyl groups excluding tert-OH is 6. The van der Waals surface area contributed by atoms with Crippen LogP contribution in [0.25, 0.3) is 6.08 Å². The summed E-state index contributed by atoms with van der Waals surface area (Å²) in [4.78, 5) is 0. The summed E-state index contributed by atoms with van der Waals surface area (Å²) in [6.45, 7) is -0.580. The van der Waals surface area contributed by atoms with E-state index in [4.69, 9.17) is 18.9 Å². The predicted octanol–water partition coefficient (Wildman–Crippen LogP) is -2.31. The number of aromatic hydroxyl groups is 1. The summed E-state index contributed by atoms with van der Waals surface area (Å²) < 4.78 is 21.4. The maximum Gasteiger partial charge on any atom is 0.187 e. The minimum atomic E-state index is -1.57. The largest absolute Gasteiger partial charge is 0.508 e. The lowest BCUT2D eigenvalue weighted by molar-refractivity contribution is -0.319. The molecule has 1 aromatic carbocycles. The summed E-state index contributed by atoms with van der Waals surface area (Å²) in [7, 11) is 0. The van der Waals surface area contributed by atoms with Gasteiger partial charge < -0.3 is 54.7 Å². The van der Waals surface area contributed by atoms with E-state index in [9.17, 15) is 35.7 Å². The molecule has 174 valence electrons. The number of rotatable bonds is 7. The molecule has 11 nitrogen and oxygen atoms in total. The quantitative estimate of drug-likeness (QED) is 0.240. The Hall–Kier alpha value is -1.64. The highest BCUT2D eigenvalue weighted by Crippen LogP contribution is 2.24. The van der Waals surface area contributed by atoms with Gasteiger partial charge in [-0.1, -0.05) is 24.3 Å². The predicted molar refractivity (Wildman–Crippen MR) is 103 cm³/mol. The molecule has 0 aromatic heterocycles. The molecule has 0 radical (unpaired) electrons. The topological polar surface area (TPSA) is 179 Å². The lowest BCUT2D eigenvalue weighted by Crippen LogP contribution is -2.60. The van der Waals surface area contributed by atoms with Crippen molar-refractivity contribution in [1.29, 1.82) is 0 Å². The number of hydrogen-bond acceptors (Lipinski definition) is 11. The van der Waals surface area contributed by atoms with Gasteiger partial charge in [-0.25, -0.2) is 0 Å². The van der Waals surface area contributed by atoms with Crippen molar-refractivity contribution in [1.82, 2.24) is 0 Å². The fourth-order valence-corrected chi connectivity index (χ4v) is 3.23. The SMILES string of the molecule is Oc1ccc(/C=C/CO[C@@H]2O[C@H](CO[C@@H]3OC[C@H](O)[C@H](O)[C@H]3O)[C@@H](O)[C@H](O)[C@H]2O)cc1. The first-order valence-electron chi connectivity index (χ1n) is 9.82. The molecule has 0 bridgehead atoms. The summed E-state index contributed by atoms with van der Waals surface area (Å²) in [6, 6.07) is 6.46. The Morgan fingerprint density at radius 1 is 0.839 bits per heavy atom. The van der Waals surface area contributed by atoms with Crippen LogP contribution >= 0.6 is 0 Å². The fraction of sp³-hybridized carbons (Fsp3) is 0.600. The van der Waals surface area contributed by atoms with E-state index in [2.05, 4.69) is 0 Å². The first kappa shape index (κ1) is 24.0. The van der Waals surface area contributed by atoms with E-state index < -0.39 is 55.3 Å². The fourth-order valence-electron chi connectivity index (χ4n) is 3.23. The number of hydrogen-bond donors (Lipinski definition) is 7. The Morgan fingerprint density at radius 2 is 1.52 bits per heavy atom. The van der Waals surface area contributed by atoms with Crippen molar-refractivity contribution in [3.63, 3.8) is 0 Å². The van der Waals surface area contributed by atoms with E-state index in [1.54, 1.807) is 24.3 Å². The molecule has 0 unspecified atom stereocenters. The van der Waals surface area contributed by atoms with Crippen molar-refractivity contribution in [2.75, 3.05) is 19.8 Å². The maximum absolute atomic E-state index is 10.2. The third-order valence-electron chi connectivity index (χ3n) is 5.11. The lowest BCUT2D eigenvalue weighted by Gasteiger charge is -2.41. The monoisotopic (exact) mass is 444 g/mol. The maximum atomic E-state index is 10.2. The molecule has 0 aliphatic carbocycles. The van der Waals surface area contributed by atoms with Crippen molar-refractivity contribution >= 4 is 6.08 Å². The molecule has 2 fully saturated rings. The average Bonchev–Trinajstić information content (AvgIpc) is 2.76. The van der Waals surface area contributed by atoms with Crippen molar-refractivity contribution < 1.29 is 54.7 Å². The molecule has 0 amide bonds. The molecule has 1 aromatic rings. The van der Waals surface area contributed by atoms with E-state index in [0.717, 1.165) is 5.56 Å². The average molecular weight is 444 g/mol. The van der Waals surface area contributed by atoms with Crippen LogP contribution in [0.4, 0.5) is 0 Å². The molecule has 11 heteroatoms. The van der Waals surface area contributed by atoms with Crippen LogP contribution in [0, 0.1) is 0 Å². The van der Waals surface area contributed by atoms with Crippen LogP contribution in [0.3, 0.4) is 0 Å². The first-order valence-corrected chi connectivity index (χ1v) is 9.82. The minimum absolute atomic E-state index is 0.0214. The molecule has 3 rings (SSSR count). The van der Waals surface area contributed by atoms with Crippen molar-refractivity contribution in [2.45, 2.75) is 55.3 Å². The van der Waals surface area contributed by atoms with Gasteiger partial charge >= 0.3 is 0 Å². The summed E-state index contributed by atoms with van der Waals surface area (Å²) in [5.74, 6) is 0.143. The molecule has 2 saturated heterocycles. The highest BCUT2D eigenvalue weighted by atomic mass is 16.7. The number of phenolic OH excluding ortho intramolecular Hbond substituents is 1. The van der Waals surface area contributed by atoms with Gasteiger partial charge in [-0.3, -0.25) is 0 Å². The lowest BCUT2D eigenvalue weighted by atomic mass is 9.99. The summed E-state index contributed by atoms with van der Waals surface area (Å²) in [5, 5.41) is 68.7. The van der Waals surface area contributed by atoms with Gasteiger partial charge in [0.15, 0.2) is 12.6 Å². The van der Waals surface area contributed by atoms with Crippen LogP contribution < -0.4 is 0 Å². The van der Waals surface area contributed by atoms with Gasteiger partial charge in [-0.15, -0.1) is 0 Å². The second kappa shape index (κ2) is 10.8. The molecule has 31 heavy (non-hydrogen) atoms. The van der Waals surface area contributed by atoms with Gasteiger partial charge in [0, 0.05) is 0 Å². The molecule has 0 spiro atoms. The van der Waals surface area contributed by atoms with Gasteiger partial charge in [0.25, 0.3) is 0 Å². The Labute approximate surface area is 178 Å². The third kappa shape index (κ3) is 5.99. The Kier molecular flexibility index (Phi) is 8.36. The van der Waals surface area contributed by atoms with E-state index in [1.165, 1.54) is 12.1 Å². The summed E-state index contributed by atoms with van der Waals surface area (Å²) in [6.07, 6.45) is -9.10. The van der Waals surface area contributed by atoms with E-state index in [-0.39, 0.29) is 25.6 Å². The molecule has 0 saturated carbocycles. The van der Waals surface area contributed by atoms with E-state index in [1.807, 2.05) is 0 Å². The molecule has 9 atom stereocenters. The standard InChI is InChI=1S/C20H28O11/c21-11-5-3-10(4-6-11)2-1-7-28-20-18(27)16(25)15(24)13(31-20)9-30-19-17(26)14(23)12(22)8-29-19/h1-6,12-27H,7-9H2/b2-1+/t12-,13+,14-,15+,16-,17+,18+,19-,20+/m0/s1. The minimum Gasteiger partial charge on any atom is -0.508 e. The molecular formula is C20H28O11. The normalized spacial score (nSPS) is 39.1. The third-order valence-corrected chi connectivity index (χ3v) is 5.11. The van der Waals surface area contributed by atoms with E-state index >= 15 is 0 Å². The highest BCUT2D eigenvalue weighted by Gasteiger charge is 2.45. The zero-order valence-electron chi connectivity index (χ0n) is 16.5. The van der Waals surface area contributed by atoms with Crippen LogP contribution in [-0.4, -0.2) is 111 Å². The van der Waals surface area contributed by atoms with Crippen LogP contribution in [0.2, 0.25) is 0 Å². The number of phenols is 1. The van der Waals surface area contributed by atoms with Crippen molar-refractivity contribution in [3.05, 3.63) is 35.9 Å². The second-order valence-corrected chi connectivity index (χ2v) is 7.43. The molecule has 2 aliphatic rings. The Bertz CT molecular complexity index is 712. The van der Waals surface area contributed by atoms with Gasteiger partial charge in [0.2, 0.25) is 0 Å².